The number of methoxy groups -OCH3 is 1. The van der Waals surface area contributed by atoms with Gasteiger partial charge < -0.3 is 9.84 Å². The number of aliphatic hydroxyl groups is 1. The van der Waals surface area contributed by atoms with E-state index in [9.17, 15) is 13.5 Å². The van der Waals surface area contributed by atoms with E-state index in [2.05, 4.69) is 0 Å². The van der Waals surface area contributed by atoms with Crippen LogP contribution in [0.25, 0.3) is 10.8 Å². The van der Waals surface area contributed by atoms with E-state index in [4.69, 9.17) is 4.74 Å². The van der Waals surface area contributed by atoms with Gasteiger partial charge in [-0.25, -0.2) is 8.42 Å². The van der Waals surface area contributed by atoms with Crippen LogP contribution in [0, 0.1) is 0 Å². The van der Waals surface area contributed by atoms with Crippen molar-refractivity contribution in [2.75, 3.05) is 13.4 Å². The molecule has 0 spiro atoms. The number of ether oxygens (including phenoxy) is 1. The highest BCUT2D eigenvalue weighted by molar-refractivity contribution is 7.92. The van der Waals surface area contributed by atoms with Crippen LogP contribution in [0.2, 0.25) is 0 Å². The van der Waals surface area contributed by atoms with Crippen LogP contribution in [0.3, 0.4) is 0 Å². The molecule has 0 heterocycles. The zero-order valence-corrected chi connectivity index (χ0v) is 13.4. The highest BCUT2D eigenvalue weighted by atomic mass is 32.2. The molecule has 2 aromatic carbocycles. The first-order chi connectivity index (χ1) is 9.66. The average Bonchev–Trinajstić information content (AvgIpc) is 2.44. The number of hydrogen-bond acceptors (Lipinski definition) is 4. The highest BCUT2D eigenvalue weighted by Crippen LogP contribution is 2.33. The Labute approximate surface area is 125 Å². The number of hydrogen-bond donors (Lipinski definition) is 1. The largest absolute Gasteiger partial charge is 0.497 e. The minimum atomic E-state index is -3.38. The van der Waals surface area contributed by atoms with Gasteiger partial charge in [-0.1, -0.05) is 18.2 Å². The van der Waals surface area contributed by atoms with Crippen LogP contribution < -0.4 is 4.74 Å². The van der Waals surface area contributed by atoms with Crippen molar-refractivity contribution in [2.24, 2.45) is 0 Å². The van der Waals surface area contributed by atoms with Gasteiger partial charge in [0.05, 0.1) is 18.0 Å². The van der Waals surface area contributed by atoms with E-state index in [-0.39, 0.29) is 0 Å². The summed E-state index contributed by atoms with van der Waals surface area (Å²) < 4.78 is 27.6. The standard InChI is InChI=1S/C16H20O4S/c1-16(2,21(4,18)19)15(17)13-6-5-12-10-14(20-3)8-7-11(12)9-13/h5-10,15,17H,1-4H3. The maximum Gasteiger partial charge on any atom is 0.155 e. The van der Waals surface area contributed by atoms with Gasteiger partial charge >= 0.3 is 0 Å². The van der Waals surface area contributed by atoms with Crippen molar-refractivity contribution in [2.45, 2.75) is 24.7 Å². The number of aliphatic hydroxyl groups excluding tert-OH is 1. The lowest BCUT2D eigenvalue weighted by Crippen LogP contribution is -2.37. The van der Waals surface area contributed by atoms with Gasteiger partial charge in [-0.05, 0) is 48.4 Å². The Kier molecular flexibility index (Phi) is 4.00. The Morgan fingerprint density at radius 1 is 1.10 bits per heavy atom. The normalized spacial score (nSPS) is 14.1. The zero-order chi connectivity index (χ0) is 15.8. The molecule has 0 aliphatic carbocycles. The van der Waals surface area contributed by atoms with Crippen LogP contribution in [0.4, 0.5) is 0 Å². The van der Waals surface area contributed by atoms with E-state index in [0.717, 1.165) is 22.8 Å². The molecular formula is C16H20O4S. The van der Waals surface area contributed by atoms with Crippen molar-refractivity contribution < 1.29 is 18.3 Å². The predicted octanol–water partition coefficient (Wildman–Crippen LogP) is 2.71. The molecule has 1 atom stereocenters. The summed E-state index contributed by atoms with van der Waals surface area (Å²) in [5, 5.41) is 12.3. The number of benzene rings is 2. The summed E-state index contributed by atoms with van der Waals surface area (Å²) in [6.07, 6.45) is 0.0567. The summed E-state index contributed by atoms with van der Waals surface area (Å²) in [6, 6.07) is 11.0. The van der Waals surface area contributed by atoms with Crippen LogP contribution in [-0.2, 0) is 9.84 Å². The maximum atomic E-state index is 11.8. The van der Waals surface area contributed by atoms with E-state index in [1.807, 2.05) is 30.3 Å². The van der Waals surface area contributed by atoms with Gasteiger partial charge in [-0.15, -0.1) is 0 Å². The SMILES string of the molecule is COc1ccc2cc(C(O)C(C)(C)S(C)(=O)=O)ccc2c1. The van der Waals surface area contributed by atoms with Crippen LogP contribution in [-0.4, -0.2) is 31.6 Å². The van der Waals surface area contributed by atoms with Crippen molar-refractivity contribution >= 4 is 20.6 Å². The van der Waals surface area contributed by atoms with Gasteiger partial charge in [-0.3, -0.25) is 0 Å². The predicted molar refractivity (Wildman–Crippen MR) is 84.4 cm³/mol. The highest BCUT2D eigenvalue weighted by Gasteiger charge is 2.38. The van der Waals surface area contributed by atoms with Crippen LogP contribution in [0.15, 0.2) is 36.4 Å². The second-order valence-corrected chi connectivity index (χ2v) is 8.35. The van der Waals surface area contributed by atoms with E-state index in [0.29, 0.717) is 5.56 Å². The summed E-state index contributed by atoms with van der Waals surface area (Å²) in [5.41, 5.74) is 0.586. The average molecular weight is 308 g/mol. The minimum Gasteiger partial charge on any atom is -0.497 e. The molecule has 0 radical (unpaired) electrons. The third kappa shape index (κ3) is 2.89. The van der Waals surface area contributed by atoms with Gasteiger partial charge in [0.25, 0.3) is 0 Å². The molecule has 5 heteroatoms. The number of sulfone groups is 1. The second kappa shape index (κ2) is 5.31. The maximum absolute atomic E-state index is 11.8. The summed E-state index contributed by atoms with van der Waals surface area (Å²) in [7, 11) is -1.78. The van der Waals surface area contributed by atoms with Crippen molar-refractivity contribution in [1.29, 1.82) is 0 Å². The molecule has 0 aromatic heterocycles. The Morgan fingerprint density at radius 3 is 2.24 bits per heavy atom. The summed E-state index contributed by atoms with van der Waals surface area (Å²) in [5.74, 6) is 0.757. The summed E-state index contributed by atoms with van der Waals surface area (Å²) in [6.45, 7) is 3.07. The molecule has 0 bridgehead atoms. The molecule has 0 aliphatic heterocycles. The first kappa shape index (κ1) is 15.8. The molecular weight excluding hydrogens is 288 g/mol. The quantitative estimate of drug-likeness (QED) is 0.943. The van der Waals surface area contributed by atoms with Gasteiger partial charge in [0.15, 0.2) is 9.84 Å². The van der Waals surface area contributed by atoms with Gasteiger partial charge in [0.2, 0.25) is 0 Å². The fraction of sp³-hybridized carbons (Fsp3) is 0.375. The monoisotopic (exact) mass is 308 g/mol. The lowest BCUT2D eigenvalue weighted by Gasteiger charge is -2.29. The Hall–Kier alpha value is -1.59. The van der Waals surface area contributed by atoms with Crippen LogP contribution >= 0.6 is 0 Å². The topological polar surface area (TPSA) is 63.6 Å². The number of rotatable bonds is 4. The smallest absolute Gasteiger partial charge is 0.155 e. The minimum absolute atomic E-state index is 0.586. The first-order valence-corrected chi connectivity index (χ1v) is 8.51. The second-order valence-electron chi connectivity index (χ2n) is 5.75. The molecule has 2 aromatic rings. The van der Waals surface area contributed by atoms with Crippen molar-refractivity contribution in [3.63, 3.8) is 0 Å². The lowest BCUT2D eigenvalue weighted by atomic mass is 9.96. The van der Waals surface area contributed by atoms with E-state index in [1.54, 1.807) is 13.2 Å². The molecule has 0 saturated heterocycles. The summed E-state index contributed by atoms with van der Waals surface area (Å²) >= 11 is 0. The van der Waals surface area contributed by atoms with Crippen molar-refractivity contribution in [1.82, 2.24) is 0 Å². The van der Waals surface area contributed by atoms with Crippen LogP contribution in [0.1, 0.15) is 25.5 Å². The van der Waals surface area contributed by atoms with Gasteiger partial charge in [0.1, 0.15) is 5.75 Å². The summed E-state index contributed by atoms with van der Waals surface area (Å²) in [4.78, 5) is 0. The zero-order valence-electron chi connectivity index (χ0n) is 12.6. The first-order valence-electron chi connectivity index (χ1n) is 6.62. The third-order valence-corrected chi connectivity index (χ3v) is 6.14. The van der Waals surface area contributed by atoms with E-state index >= 15 is 0 Å². The molecule has 2 rings (SSSR count). The van der Waals surface area contributed by atoms with Gasteiger partial charge in [0, 0.05) is 6.26 Å². The van der Waals surface area contributed by atoms with Crippen molar-refractivity contribution in [3.05, 3.63) is 42.0 Å². The molecule has 1 N–H and O–H groups in total. The number of fused-ring (bicyclic) bond motifs is 1. The van der Waals surface area contributed by atoms with E-state index < -0.39 is 20.7 Å². The molecule has 0 saturated carbocycles. The van der Waals surface area contributed by atoms with E-state index in [1.165, 1.54) is 13.8 Å². The third-order valence-electron chi connectivity index (χ3n) is 4.00. The van der Waals surface area contributed by atoms with Crippen molar-refractivity contribution in [3.8, 4) is 5.75 Å². The molecule has 114 valence electrons. The molecule has 0 aliphatic rings. The van der Waals surface area contributed by atoms with Crippen LogP contribution in [0.5, 0.6) is 5.75 Å². The fourth-order valence-electron chi connectivity index (χ4n) is 2.14. The molecule has 0 amide bonds. The van der Waals surface area contributed by atoms with Gasteiger partial charge in [-0.2, -0.15) is 0 Å². The fourth-order valence-corrected chi connectivity index (χ4v) is 2.69. The molecule has 21 heavy (non-hydrogen) atoms. The molecule has 1 unspecified atom stereocenters. The molecule has 4 nitrogen and oxygen atoms in total. The Bertz CT molecular complexity index is 763. The lowest BCUT2D eigenvalue weighted by molar-refractivity contribution is 0.139. The Morgan fingerprint density at radius 2 is 1.67 bits per heavy atom. The Balaban J connectivity index is 2.48. The molecule has 0 fully saturated rings.